The molecule has 0 atom stereocenters. The number of nitrogens with zero attached hydrogens (tertiary/aromatic N) is 2. The smallest absolute Gasteiger partial charge is 0.349 e. The van der Waals surface area contributed by atoms with Crippen molar-refractivity contribution in [3.05, 3.63) is 63.0 Å². The van der Waals surface area contributed by atoms with E-state index in [9.17, 15) is 9.59 Å². The van der Waals surface area contributed by atoms with E-state index < -0.39 is 5.97 Å². The molecule has 0 amide bonds. The Balaban J connectivity index is 1.85. The predicted molar refractivity (Wildman–Crippen MR) is 104 cm³/mol. The van der Waals surface area contributed by atoms with Crippen LogP contribution < -0.4 is 5.56 Å². The van der Waals surface area contributed by atoms with Gasteiger partial charge in [0, 0.05) is 6.54 Å². The van der Waals surface area contributed by atoms with Gasteiger partial charge in [0.15, 0.2) is 0 Å². The minimum Gasteiger partial charge on any atom is -0.457 e. The summed E-state index contributed by atoms with van der Waals surface area (Å²) in [4.78, 5) is 30.6. The first kappa shape index (κ1) is 18.3. The van der Waals surface area contributed by atoms with Crippen LogP contribution in [-0.4, -0.2) is 15.5 Å². The van der Waals surface area contributed by atoms with Gasteiger partial charge in [-0.2, -0.15) is 0 Å². The lowest BCUT2D eigenvalue weighted by molar-refractivity contribution is 0.0478. The van der Waals surface area contributed by atoms with Gasteiger partial charge in [-0.25, -0.2) is 9.78 Å². The normalized spacial score (nSPS) is 11.2. The van der Waals surface area contributed by atoms with Crippen LogP contribution in [0.3, 0.4) is 0 Å². The molecule has 3 aromatic rings. The predicted octanol–water partition coefficient (Wildman–Crippen LogP) is 4.17. The Kier molecular flexibility index (Phi) is 5.52. The van der Waals surface area contributed by atoms with Crippen LogP contribution in [0.5, 0.6) is 0 Å². The van der Waals surface area contributed by atoms with Crippen molar-refractivity contribution in [3.8, 4) is 0 Å². The summed E-state index contributed by atoms with van der Waals surface area (Å²) >= 11 is 1.22. The molecule has 5 nitrogen and oxygen atoms in total. The number of fused-ring (bicyclic) bond motifs is 1. The molecule has 0 aliphatic carbocycles. The lowest BCUT2D eigenvalue weighted by Crippen LogP contribution is -2.21. The first-order valence-corrected chi connectivity index (χ1v) is 9.48. The fourth-order valence-corrected chi connectivity index (χ4v) is 3.73. The lowest BCUT2D eigenvalue weighted by Gasteiger charge is -2.07. The fraction of sp³-hybridized carbons (Fsp3) is 0.350. The highest BCUT2D eigenvalue weighted by atomic mass is 32.1. The highest BCUT2D eigenvalue weighted by molar-refractivity contribution is 7.20. The molecule has 0 radical (unpaired) electrons. The monoisotopic (exact) mass is 370 g/mol. The number of carbonyl (C=O) groups is 1. The molecule has 0 bridgehead atoms. The average Bonchev–Trinajstić information content (AvgIpc) is 2.97. The Labute approximate surface area is 156 Å². The summed E-state index contributed by atoms with van der Waals surface area (Å²) in [6.45, 7) is 6.86. The summed E-state index contributed by atoms with van der Waals surface area (Å²) in [5.41, 5.74) is 1.49. The largest absolute Gasteiger partial charge is 0.457 e. The van der Waals surface area contributed by atoms with Gasteiger partial charge in [-0.05, 0) is 30.4 Å². The number of benzene rings is 1. The van der Waals surface area contributed by atoms with E-state index in [1.807, 2.05) is 30.3 Å². The summed E-state index contributed by atoms with van der Waals surface area (Å²) in [5.74, 6) is 0.0900. The molecule has 1 aromatic carbocycles. The second-order valence-electron chi connectivity index (χ2n) is 6.72. The zero-order chi connectivity index (χ0) is 18.7. The molecule has 26 heavy (non-hydrogen) atoms. The van der Waals surface area contributed by atoms with Crippen molar-refractivity contribution >= 4 is 27.5 Å². The molecule has 0 spiro atoms. The van der Waals surface area contributed by atoms with Crippen molar-refractivity contribution in [2.45, 2.75) is 40.3 Å². The SMILES string of the molecule is Cc1c(C(=O)OCc2ccccc2)sc2ncn(CCC(C)C)c(=O)c12. The van der Waals surface area contributed by atoms with Gasteiger partial charge in [0.2, 0.25) is 0 Å². The summed E-state index contributed by atoms with van der Waals surface area (Å²) in [6, 6.07) is 9.52. The number of esters is 1. The van der Waals surface area contributed by atoms with Gasteiger partial charge in [-0.1, -0.05) is 44.2 Å². The topological polar surface area (TPSA) is 61.2 Å². The van der Waals surface area contributed by atoms with Gasteiger partial charge in [0.25, 0.3) is 5.56 Å². The van der Waals surface area contributed by atoms with Crippen LogP contribution >= 0.6 is 11.3 Å². The Morgan fingerprint density at radius 1 is 1.27 bits per heavy atom. The quantitative estimate of drug-likeness (QED) is 0.611. The molecule has 0 aliphatic rings. The number of hydrogen-bond acceptors (Lipinski definition) is 5. The number of ether oxygens (including phenoxy) is 1. The summed E-state index contributed by atoms with van der Waals surface area (Å²) < 4.78 is 7.03. The van der Waals surface area contributed by atoms with Crippen LogP contribution in [-0.2, 0) is 17.9 Å². The second kappa shape index (κ2) is 7.83. The van der Waals surface area contributed by atoms with E-state index in [-0.39, 0.29) is 12.2 Å². The molecular weight excluding hydrogens is 348 g/mol. The Hall–Kier alpha value is -2.47. The van der Waals surface area contributed by atoms with Crippen LogP contribution in [0.1, 0.15) is 41.1 Å². The maximum Gasteiger partial charge on any atom is 0.349 e. The van der Waals surface area contributed by atoms with E-state index in [4.69, 9.17) is 4.74 Å². The molecule has 0 unspecified atom stereocenters. The molecule has 2 aromatic heterocycles. The van der Waals surface area contributed by atoms with E-state index in [0.29, 0.717) is 33.1 Å². The minimum atomic E-state index is -0.414. The highest BCUT2D eigenvalue weighted by Crippen LogP contribution is 2.27. The zero-order valence-corrected chi connectivity index (χ0v) is 16.0. The third-order valence-corrected chi connectivity index (χ3v) is 5.44. The van der Waals surface area contributed by atoms with Crippen LogP contribution in [0.4, 0.5) is 0 Å². The molecule has 0 saturated heterocycles. The van der Waals surface area contributed by atoms with Crippen LogP contribution in [0.15, 0.2) is 41.5 Å². The van der Waals surface area contributed by atoms with Gasteiger partial charge < -0.3 is 4.74 Å². The second-order valence-corrected chi connectivity index (χ2v) is 7.72. The van der Waals surface area contributed by atoms with E-state index in [2.05, 4.69) is 18.8 Å². The lowest BCUT2D eigenvalue weighted by atomic mass is 10.1. The molecule has 3 rings (SSSR count). The molecule has 0 saturated carbocycles. The van der Waals surface area contributed by atoms with Crippen molar-refractivity contribution in [1.82, 2.24) is 9.55 Å². The zero-order valence-electron chi connectivity index (χ0n) is 15.2. The van der Waals surface area contributed by atoms with Crippen LogP contribution in [0.2, 0.25) is 0 Å². The maximum atomic E-state index is 12.8. The molecule has 6 heteroatoms. The average molecular weight is 370 g/mol. The molecule has 0 fully saturated rings. The minimum absolute atomic E-state index is 0.0912. The Bertz CT molecular complexity index is 974. The summed E-state index contributed by atoms with van der Waals surface area (Å²) in [5, 5.41) is 0.521. The van der Waals surface area contributed by atoms with E-state index in [1.165, 1.54) is 11.3 Å². The molecule has 136 valence electrons. The number of aromatic nitrogens is 2. The first-order chi connectivity index (χ1) is 12.5. The van der Waals surface area contributed by atoms with Gasteiger partial charge >= 0.3 is 5.97 Å². The summed E-state index contributed by atoms with van der Waals surface area (Å²) in [7, 11) is 0. The van der Waals surface area contributed by atoms with Crippen molar-refractivity contribution in [2.75, 3.05) is 0 Å². The third-order valence-electron chi connectivity index (χ3n) is 4.26. The van der Waals surface area contributed by atoms with Gasteiger partial charge in [0.1, 0.15) is 16.3 Å². The maximum absolute atomic E-state index is 12.8. The standard InChI is InChI=1S/C20H22N2O3S/c1-13(2)9-10-22-12-21-18-16(19(22)23)14(3)17(26-18)20(24)25-11-15-7-5-4-6-8-15/h4-8,12-13H,9-11H2,1-3H3. The van der Waals surface area contributed by atoms with Gasteiger partial charge in [0.05, 0.1) is 11.7 Å². The third kappa shape index (κ3) is 3.85. The molecule has 0 N–H and O–H groups in total. The first-order valence-electron chi connectivity index (χ1n) is 8.67. The summed E-state index contributed by atoms with van der Waals surface area (Å²) in [6.07, 6.45) is 2.48. The van der Waals surface area contributed by atoms with Crippen LogP contribution in [0.25, 0.3) is 10.2 Å². The molecule has 2 heterocycles. The highest BCUT2D eigenvalue weighted by Gasteiger charge is 2.20. The number of rotatable bonds is 6. The molecule has 0 aliphatic heterocycles. The van der Waals surface area contributed by atoms with Crippen molar-refractivity contribution in [3.63, 3.8) is 0 Å². The number of aryl methyl sites for hydroxylation is 2. The molecular formula is C20H22N2O3S. The van der Waals surface area contributed by atoms with Gasteiger partial charge in [-0.3, -0.25) is 9.36 Å². The van der Waals surface area contributed by atoms with Gasteiger partial charge in [-0.15, -0.1) is 11.3 Å². The number of carbonyl (C=O) groups excluding carboxylic acids is 1. The van der Waals surface area contributed by atoms with E-state index in [1.54, 1.807) is 17.8 Å². The fourth-order valence-electron chi connectivity index (χ4n) is 2.70. The Morgan fingerprint density at radius 3 is 2.69 bits per heavy atom. The number of hydrogen-bond donors (Lipinski definition) is 0. The van der Waals surface area contributed by atoms with Crippen LogP contribution in [0, 0.1) is 12.8 Å². The van der Waals surface area contributed by atoms with Crippen molar-refractivity contribution in [1.29, 1.82) is 0 Å². The van der Waals surface area contributed by atoms with E-state index >= 15 is 0 Å². The van der Waals surface area contributed by atoms with E-state index in [0.717, 1.165) is 12.0 Å². The van der Waals surface area contributed by atoms with Crippen molar-refractivity contribution < 1.29 is 9.53 Å². The Morgan fingerprint density at radius 2 is 2.00 bits per heavy atom. The van der Waals surface area contributed by atoms with Crippen molar-refractivity contribution in [2.24, 2.45) is 5.92 Å². The number of thiophene rings is 1.